The van der Waals surface area contributed by atoms with E-state index in [9.17, 15) is 4.79 Å². The maximum atomic E-state index is 10.9. The number of nitrogens with zero attached hydrogens (tertiary/aromatic N) is 3. The van der Waals surface area contributed by atoms with Gasteiger partial charge in [-0.1, -0.05) is 0 Å². The highest BCUT2D eigenvalue weighted by atomic mass is 16.5. The summed E-state index contributed by atoms with van der Waals surface area (Å²) < 4.78 is 5.19. The number of carbonyl (C=O) groups is 1. The maximum absolute atomic E-state index is 10.9. The molecule has 0 aromatic carbocycles. The lowest BCUT2D eigenvalue weighted by molar-refractivity contribution is 0.0690. The molecular weight excluding hydrogens is 210 g/mol. The highest BCUT2D eigenvalue weighted by Crippen LogP contribution is 2.12. The van der Waals surface area contributed by atoms with Gasteiger partial charge in [0.2, 0.25) is 0 Å². The molecule has 1 N–H and O–H groups in total. The van der Waals surface area contributed by atoms with Gasteiger partial charge in [-0.3, -0.25) is 0 Å². The molecule has 0 saturated carbocycles. The van der Waals surface area contributed by atoms with Crippen molar-refractivity contribution in [3.05, 3.63) is 18.1 Å². The zero-order valence-corrected chi connectivity index (χ0v) is 9.38. The lowest BCUT2D eigenvalue weighted by Gasteiger charge is -2.18. The van der Waals surface area contributed by atoms with Crippen molar-refractivity contribution < 1.29 is 14.6 Å². The van der Waals surface area contributed by atoms with Crippen LogP contribution in [0.3, 0.4) is 0 Å². The van der Waals surface area contributed by atoms with E-state index < -0.39 is 5.97 Å². The standard InChI is InChI=1S/C10H15N3O3/c1-3-16-7-6-13(2)9-8(10(14)15)11-4-5-12-9/h4-5H,3,6-7H2,1-2H3,(H,14,15). The second kappa shape index (κ2) is 6.02. The van der Waals surface area contributed by atoms with Crippen molar-refractivity contribution in [3.8, 4) is 0 Å². The summed E-state index contributed by atoms with van der Waals surface area (Å²) in [5, 5.41) is 8.93. The first-order valence-electron chi connectivity index (χ1n) is 5.00. The van der Waals surface area contributed by atoms with E-state index in [1.165, 1.54) is 12.4 Å². The van der Waals surface area contributed by atoms with E-state index in [1.54, 1.807) is 11.9 Å². The average molecular weight is 225 g/mol. The fourth-order valence-corrected chi connectivity index (χ4v) is 1.21. The molecule has 0 radical (unpaired) electrons. The van der Waals surface area contributed by atoms with Crippen molar-refractivity contribution in [2.45, 2.75) is 6.92 Å². The Morgan fingerprint density at radius 3 is 2.81 bits per heavy atom. The quantitative estimate of drug-likeness (QED) is 0.716. The van der Waals surface area contributed by atoms with Gasteiger partial charge in [0.15, 0.2) is 11.5 Å². The van der Waals surface area contributed by atoms with Gasteiger partial charge in [0.05, 0.1) is 6.61 Å². The van der Waals surface area contributed by atoms with Gasteiger partial charge in [0, 0.05) is 32.6 Å². The number of hydrogen-bond donors (Lipinski definition) is 1. The number of aromatic nitrogens is 2. The van der Waals surface area contributed by atoms with Crippen LogP contribution in [-0.2, 0) is 4.74 Å². The van der Waals surface area contributed by atoms with Gasteiger partial charge < -0.3 is 14.7 Å². The molecule has 0 unspecified atom stereocenters. The van der Waals surface area contributed by atoms with Crippen LogP contribution in [0, 0.1) is 0 Å². The summed E-state index contributed by atoms with van der Waals surface area (Å²) >= 11 is 0. The third-order valence-corrected chi connectivity index (χ3v) is 2.02. The zero-order valence-electron chi connectivity index (χ0n) is 9.38. The summed E-state index contributed by atoms with van der Waals surface area (Å²) in [6.07, 6.45) is 2.84. The Morgan fingerprint density at radius 2 is 2.19 bits per heavy atom. The SMILES string of the molecule is CCOCCN(C)c1nccnc1C(=O)O. The van der Waals surface area contributed by atoms with Crippen molar-refractivity contribution in [2.75, 3.05) is 31.7 Å². The molecule has 6 heteroatoms. The summed E-state index contributed by atoms with van der Waals surface area (Å²) in [5.41, 5.74) is -0.0403. The van der Waals surface area contributed by atoms with Crippen LogP contribution in [0.5, 0.6) is 0 Å². The molecule has 1 rings (SSSR count). The summed E-state index contributed by atoms with van der Waals surface area (Å²) in [6, 6.07) is 0. The summed E-state index contributed by atoms with van der Waals surface area (Å²) in [4.78, 5) is 20.4. The highest BCUT2D eigenvalue weighted by molar-refractivity contribution is 5.90. The maximum Gasteiger partial charge on any atom is 0.358 e. The number of carboxylic acid groups (broad SMARTS) is 1. The van der Waals surface area contributed by atoms with Crippen LogP contribution in [-0.4, -0.2) is 47.8 Å². The van der Waals surface area contributed by atoms with E-state index in [2.05, 4.69) is 9.97 Å². The van der Waals surface area contributed by atoms with Crippen molar-refractivity contribution >= 4 is 11.8 Å². The van der Waals surface area contributed by atoms with Crippen molar-refractivity contribution in [1.29, 1.82) is 0 Å². The lowest BCUT2D eigenvalue weighted by atomic mass is 10.4. The lowest BCUT2D eigenvalue weighted by Crippen LogP contribution is -2.26. The first kappa shape index (κ1) is 12.4. The third kappa shape index (κ3) is 3.16. The monoisotopic (exact) mass is 225 g/mol. The van der Waals surface area contributed by atoms with Gasteiger partial charge in [0.1, 0.15) is 0 Å². The molecule has 1 aromatic heterocycles. The molecule has 0 atom stereocenters. The van der Waals surface area contributed by atoms with Crippen LogP contribution in [0.2, 0.25) is 0 Å². The minimum absolute atomic E-state index is 0.0403. The van der Waals surface area contributed by atoms with Crippen molar-refractivity contribution in [2.24, 2.45) is 0 Å². The third-order valence-electron chi connectivity index (χ3n) is 2.02. The predicted octanol–water partition coefficient (Wildman–Crippen LogP) is 0.647. The molecule has 88 valence electrons. The van der Waals surface area contributed by atoms with E-state index in [0.29, 0.717) is 25.6 Å². The molecule has 0 saturated heterocycles. The van der Waals surface area contributed by atoms with Crippen molar-refractivity contribution in [1.82, 2.24) is 9.97 Å². The van der Waals surface area contributed by atoms with E-state index in [0.717, 1.165) is 0 Å². The second-order valence-electron chi connectivity index (χ2n) is 3.15. The number of ether oxygens (including phenoxy) is 1. The minimum atomic E-state index is -1.08. The molecule has 0 aliphatic heterocycles. The van der Waals surface area contributed by atoms with Crippen molar-refractivity contribution in [3.63, 3.8) is 0 Å². The molecule has 0 amide bonds. The van der Waals surface area contributed by atoms with Gasteiger partial charge in [-0.25, -0.2) is 14.8 Å². The Kier molecular flexibility index (Phi) is 4.65. The number of rotatable bonds is 6. The number of carboxylic acids is 1. The first-order valence-corrected chi connectivity index (χ1v) is 5.00. The molecule has 0 aliphatic rings. The van der Waals surface area contributed by atoms with Crippen LogP contribution < -0.4 is 4.90 Å². The Bertz CT molecular complexity index is 357. The number of likely N-dealkylation sites (N-methyl/N-ethyl adjacent to an activating group) is 1. The predicted molar refractivity (Wildman–Crippen MR) is 58.8 cm³/mol. The summed E-state index contributed by atoms with van der Waals surface area (Å²) in [7, 11) is 1.76. The molecule has 16 heavy (non-hydrogen) atoms. The topological polar surface area (TPSA) is 75.5 Å². The fourth-order valence-electron chi connectivity index (χ4n) is 1.21. The molecule has 6 nitrogen and oxygen atoms in total. The fraction of sp³-hybridized carbons (Fsp3) is 0.500. The van der Waals surface area contributed by atoms with E-state index in [-0.39, 0.29) is 5.69 Å². The molecule has 1 heterocycles. The Morgan fingerprint density at radius 1 is 1.50 bits per heavy atom. The number of anilines is 1. The molecule has 1 aromatic rings. The second-order valence-corrected chi connectivity index (χ2v) is 3.15. The number of hydrogen-bond acceptors (Lipinski definition) is 5. The summed E-state index contributed by atoms with van der Waals surface area (Å²) in [6.45, 7) is 3.65. The highest BCUT2D eigenvalue weighted by Gasteiger charge is 2.15. The molecule has 0 aliphatic carbocycles. The van der Waals surface area contributed by atoms with Crippen LogP contribution in [0.4, 0.5) is 5.82 Å². The molecule has 0 spiro atoms. The van der Waals surface area contributed by atoms with Gasteiger partial charge >= 0.3 is 5.97 Å². The van der Waals surface area contributed by atoms with E-state index in [1.807, 2.05) is 6.92 Å². The first-order chi connectivity index (χ1) is 7.66. The Labute approximate surface area is 93.9 Å². The largest absolute Gasteiger partial charge is 0.476 e. The molecule has 0 bridgehead atoms. The number of aromatic carboxylic acids is 1. The smallest absolute Gasteiger partial charge is 0.358 e. The van der Waals surface area contributed by atoms with Crippen LogP contribution in [0.1, 0.15) is 17.4 Å². The van der Waals surface area contributed by atoms with Gasteiger partial charge in [-0.05, 0) is 6.92 Å². The zero-order chi connectivity index (χ0) is 12.0. The van der Waals surface area contributed by atoms with Gasteiger partial charge in [-0.15, -0.1) is 0 Å². The molecule has 0 fully saturated rings. The minimum Gasteiger partial charge on any atom is -0.476 e. The van der Waals surface area contributed by atoms with Crippen LogP contribution >= 0.6 is 0 Å². The van der Waals surface area contributed by atoms with Gasteiger partial charge in [0.25, 0.3) is 0 Å². The summed E-state index contributed by atoms with van der Waals surface area (Å²) in [5.74, 6) is -0.721. The Balaban J connectivity index is 2.74. The Hall–Kier alpha value is -1.69. The van der Waals surface area contributed by atoms with Crippen LogP contribution in [0.25, 0.3) is 0 Å². The molecular formula is C10H15N3O3. The normalized spacial score (nSPS) is 10.1. The van der Waals surface area contributed by atoms with Crippen LogP contribution in [0.15, 0.2) is 12.4 Å². The average Bonchev–Trinajstić information content (AvgIpc) is 2.29. The van der Waals surface area contributed by atoms with Gasteiger partial charge in [-0.2, -0.15) is 0 Å². The van der Waals surface area contributed by atoms with E-state index in [4.69, 9.17) is 9.84 Å². The van der Waals surface area contributed by atoms with E-state index >= 15 is 0 Å².